The maximum absolute atomic E-state index is 12.4. The number of rotatable bonds is 8. The first-order valence-electron chi connectivity index (χ1n) is 10.9. The van der Waals surface area contributed by atoms with Crippen LogP contribution in [-0.4, -0.2) is 38.8 Å². The van der Waals surface area contributed by atoms with Crippen LogP contribution in [0.5, 0.6) is 17.2 Å². The van der Waals surface area contributed by atoms with Crippen LogP contribution in [0.25, 0.3) is 11.0 Å². The molecular formula is C25H27NO7. The molecule has 8 heteroatoms. The van der Waals surface area contributed by atoms with Gasteiger partial charge in [-0.3, -0.25) is 4.79 Å². The van der Waals surface area contributed by atoms with Crippen molar-refractivity contribution in [2.24, 2.45) is 0 Å². The van der Waals surface area contributed by atoms with Gasteiger partial charge in [0.05, 0.1) is 14.2 Å². The molecule has 1 heterocycles. The Kier molecular flexibility index (Phi) is 6.72. The van der Waals surface area contributed by atoms with Crippen LogP contribution in [0.4, 0.5) is 5.69 Å². The van der Waals surface area contributed by atoms with Crippen molar-refractivity contribution in [3.05, 3.63) is 47.7 Å². The summed E-state index contributed by atoms with van der Waals surface area (Å²) >= 11 is 0. The summed E-state index contributed by atoms with van der Waals surface area (Å²) in [6.45, 7) is 1.19. The van der Waals surface area contributed by atoms with Crippen molar-refractivity contribution < 1.29 is 33.0 Å². The van der Waals surface area contributed by atoms with Crippen molar-refractivity contribution in [3.63, 3.8) is 0 Å². The van der Waals surface area contributed by atoms with Crippen LogP contribution in [0.2, 0.25) is 0 Å². The predicted molar refractivity (Wildman–Crippen MR) is 122 cm³/mol. The molecule has 3 aromatic rings. The monoisotopic (exact) mass is 453 g/mol. The molecule has 0 aliphatic heterocycles. The maximum atomic E-state index is 12.4. The van der Waals surface area contributed by atoms with E-state index in [0.29, 0.717) is 22.9 Å². The molecule has 1 aromatic heterocycles. The number of methoxy groups -OCH3 is 2. The van der Waals surface area contributed by atoms with E-state index in [2.05, 4.69) is 5.32 Å². The highest BCUT2D eigenvalue weighted by Gasteiger charge is 2.20. The average Bonchev–Trinajstić information content (AvgIpc) is 3.20. The Morgan fingerprint density at radius 2 is 1.82 bits per heavy atom. The smallest absolute Gasteiger partial charge is 0.344 e. The molecule has 0 radical (unpaired) electrons. The normalized spacial score (nSPS) is 13.7. The summed E-state index contributed by atoms with van der Waals surface area (Å²) in [6.07, 6.45) is 3.22. The number of aryl methyl sites for hydroxylation is 2. The summed E-state index contributed by atoms with van der Waals surface area (Å²) < 4.78 is 27.2. The largest absolute Gasteiger partial charge is 0.493 e. The number of carbonyl (C=O) groups is 2. The summed E-state index contributed by atoms with van der Waals surface area (Å²) in [5.74, 6) is 1.50. The highest BCUT2D eigenvalue weighted by Crippen LogP contribution is 2.34. The lowest BCUT2D eigenvalue weighted by molar-refractivity contribution is -0.155. The second-order valence-electron chi connectivity index (χ2n) is 7.85. The van der Waals surface area contributed by atoms with Crippen LogP contribution in [0.1, 0.15) is 31.1 Å². The second-order valence-corrected chi connectivity index (χ2v) is 7.85. The zero-order chi connectivity index (χ0) is 23.4. The van der Waals surface area contributed by atoms with Crippen molar-refractivity contribution in [1.29, 1.82) is 0 Å². The van der Waals surface area contributed by atoms with Crippen molar-refractivity contribution in [2.75, 3.05) is 26.1 Å². The summed E-state index contributed by atoms with van der Waals surface area (Å²) in [6, 6.07) is 10.5. The van der Waals surface area contributed by atoms with Gasteiger partial charge in [0, 0.05) is 29.1 Å². The minimum absolute atomic E-state index is 0.306. The molecule has 0 saturated carbocycles. The molecular weight excluding hydrogens is 426 g/mol. The zero-order valence-corrected chi connectivity index (χ0v) is 18.9. The molecule has 1 atom stereocenters. The number of hydrogen-bond acceptors (Lipinski definition) is 7. The minimum atomic E-state index is -1.00. The fourth-order valence-corrected chi connectivity index (χ4v) is 3.92. The van der Waals surface area contributed by atoms with Gasteiger partial charge >= 0.3 is 5.97 Å². The van der Waals surface area contributed by atoms with Crippen LogP contribution >= 0.6 is 0 Å². The first-order valence-corrected chi connectivity index (χ1v) is 10.9. The topological polar surface area (TPSA) is 96.2 Å². The molecule has 0 bridgehead atoms. The van der Waals surface area contributed by atoms with E-state index in [9.17, 15) is 9.59 Å². The van der Waals surface area contributed by atoms with Crippen molar-refractivity contribution in [1.82, 2.24) is 0 Å². The SMILES string of the molecule is COc1ccc(NC(=O)C(C)OC(=O)COc2ccc3oc4c(c3c2)CCCC4)cc1OC. The Hall–Kier alpha value is -3.68. The highest BCUT2D eigenvalue weighted by molar-refractivity contribution is 5.95. The fraction of sp³-hybridized carbons (Fsp3) is 0.360. The third kappa shape index (κ3) is 5.05. The number of amides is 1. The molecule has 0 fully saturated rings. The van der Waals surface area contributed by atoms with E-state index < -0.39 is 18.0 Å². The summed E-state index contributed by atoms with van der Waals surface area (Å²) in [5, 5.41) is 3.72. The van der Waals surface area contributed by atoms with E-state index >= 15 is 0 Å². The number of anilines is 1. The van der Waals surface area contributed by atoms with Gasteiger partial charge < -0.3 is 28.7 Å². The van der Waals surface area contributed by atoms with Gasteiger partial charge in [-0.15, -0.1) is 0 Å². The first kappa shape index (κ1) is 22.5. The van der Waals surface area contributed by atoms with E-state index in [1.807, 2.05) is 12.1 Å². The van der Waals surface area contributed by atoms with Crippen LogP contribution in [0, 0.1) is 0 Å². The van der Waals surface area contributed by atoms with Gasteiger partial charge in [-0.2, -0.15) is 0 Å². The molecule has 1 N–H and O–H groups in total. The molecule has 174 valence electrons. The van der Waals surface area contributed by atoms with Crippen molar-refractivity contribution in [2.45, 2.75) is 38.7 Å². The molecule has 0 spiro atoms. The Labute approximate surface area is 191 Å². The lowest BCUT2D eigenvalue weighted by Crippen LogP contribution is -2.31. The quantitative estimate of drug-likeness (QED) is 0.509. The van der Waals surface area contributed by atoms with Gasteiger partial charge in [-0.25, -0.2) is 4.79 Å². The Bertz CT molecular complexity index is 1170. The van der Waals surface area contributed by atoms with E-state index in [0.717, 1.165) is 42.4 Å². The van der Waals surface area contributed by atoms with E-state index in [-0.39, 0.29) is 6.61 Å². The second kappa shape index (κ2) is 9.85. The van der Waals surface area contributed by atoms with Gasteiger partial charge in [-0.1, -0.05) is 0 Å². The number of fused-ring (bicyclic) bond motifs is 3. The Morgan fingerprint density at radius 3 is 2.61 bits per heavy atom. The standard InChI is InChI=1S/C25H27NO7/c1-15(25(28)26-16-8-10-22(29-2)23(12-16)30-3)32-24(27)14-31-17-9-11-21-19(13-17)18-6-4-5-7-20(18)33-21/h8-13,15H,4-7,14H2,1-3H3,(H,26,28). The van der Waals surface area contributed by atoms with E-state index in [4.69, 9.17) is 23.4 Å². The molecule has 1 unspecified atom stereocenters. The summed E-state index contributed by atoms with van der Waals surface area (Å²) in [7, 11) is 3.04. The lowest BCUT2D eigenvalue weighted by Gasteiger charge is -2.15. The minimum Gasteiger partial charge on any atom is -0.493 e. The Balaban J connectivity index is 1.31. The van der Waals surface area contributed by atoms with E-state index in [1.54, 1.807) is 24.3 Å². The van der Waals surface area contributed by atoms with E-state index in [1.165, 1.54) is 26.7 Å². The first-order chi connectivity index (χ1) is 16.0. The van der Waals surface area contributed by atoms with Gasteiger partial charge in [0.1, 0.15) is 17.1 Å². The predicted octanol–water partition coefficient (Wildman–Crippen LogP) is 4.28. The number of esters is 1. The lowest BCUT2D eigenvalue weighted by atomic mass is 9.96. The molecule has 8 nitrogen and oxygen atoms in total. The number of hydrogen-bond donors (Lipinski definition) is 1. The average molecular weight is 453 g/mol. The number of furan rings is 1. The third-order valence-electron chi connectivity index (χ3n) is 5.61. The van der Waals surface area contributed by atoms with Crippen LogP contribution < -0.4 is 19.5 Å². The molecule has 1 aliphatic carbocycles. The number of carbonyl (C=O) groups excluding carboxylic acids is 2. The highest BCUT2D eigenvalue weighted by atomic mass is 16.6. The molecule has 1 aliphatic rings. The molecule has 0 saturated heterocycles. The third-order valence-corrected chi connectivity index (χ3v) is 5.61. The van der Waals surface area contributed by atoms with Gasteiger partial charge in [0.2, 0.25) is 0 Å². The number of ether oxygens (including phenoxy) is 4. The van der Waals surface area contributed by atoms with Gasteiger partial charge in [-0.05, 0) is 56.5 Å². The molecule has 2 aromatic carbocycles. The van der Waals surface area contributed by atoms with Crippen molar-refractivity contribution >= 4 is 28.5 Å². The van der Waals surface area contributed by atoms with Crippen LogP contribution in [-0.2, 0) is 27.2 Å². The van der Waals surface area contributed by atoms with Crippen LogP contribution in [0.3, 0.4) is 0 Å². The fourth-order valence-electron chi connectivity index (χ4n) is 3.92. The van der Waals surface area contributed by atoms with Crippen molar-refractivity contribution in [3.8, 4) is 17.2 Å². The zero-order valence-electron chi connectivity index (χ0n) is 18.9. The molecule has 4 rings (SSSR count). The maximum Gasteiger partial charge on any atom is 0.344 e. The van der Waals surface area contributed by atoms with Gasteiger partial charge in [0.25, 0.3) is 5.91 Å². The summed E-state index contributed by atoms with van der Waals surface area (Å²) in [4.78, 5) is 24.6. The van der Waals surface area contributed by atoms with Crippen LogP contribution in [0.15, 0.2) is 40.8 Å². The molecule has 1 amide bonds. The summed E-state index contributed by atoms with van der Waals surface area (Å²) in [5.41, 5.74) is 2.55. The Morgan fingerprint density at radius 1 is 1.03 bits per heavy atom. The van der Waals surface area contributed by atoms with Gasteiger partial charge in [0.15, 0.2) is 24.2 Å². The molecule has 33 heavy (non-hydrogen) atoms. The number of nitrogens with one attached hydrogen (secondary N) is 1. The number of benzene rings is 2.